The highest BCUT2D eigenvalue weighted by Crippen LogP contribution is 2.27. The van der Waals surface area contributed by atoms with E-state index in [0.717, 1.165) is 18.2 Å². The SMILES string of the molecule is C[Si](C)(C)CCOCn1cnc2c(Cl)cc(-c3ccc(F)cc3)nc21. The number of fused-ring (bicyclic) bond motifs is 1. The van der Waals surface area contributed by atoms with Crippen molar-refractivity contribution >= 4 is 30.8 Å². The lowest BCUT2D eigenvalue weighted by Gasteiger charge is -2.15. The Bertz CT molecular complexity index is 874. The van der Waals surface area contributed by atoms with Gasteiger partial charge < -0.3 is 4.74 Å². The Balaban J connectivity index is 1.84. The Kier molecular flexibility index (Phi) is 5.22. The van der Waals surface area contributed by atoms with E-state index in [1.54, 1.807) is 24.5 Å². The van der Waals surface area contributed by atoms with E-state index in [1.807, 2.05) is 4.57 Å². The Morgan fingerprint density at radius 1 is 1.20 bits per heavy atom. The number of benzene rings is 1. The summed E-state index contributed by atoms with van der Waals surface area (Å²) in [6.45, 7) is 8.07. The summed E-state index contributed by atoms with van der Waals surface area (Å²) in [5, 5.41) is 0.519. The van der Waals surface area contributed by atoms with Gasteiger partial charge in [0.2, 0.25) is 0 Å². The normalized spacial score (nSPS) is 12.0. The van der Waals surface area contributed by atoms with Gasteiger partial charge in [0.15, 0.2) is 5.65 Å². The summed E-state index contributed by atoms with van der Waals surface area (Å²) in [5.41, 5.74) is 2.79. The van der Waals surface area contributed by atoms with Gasteiger partial charge in [-0.3, -0.25) is 4.57 Å². The molecule has 0 saturated heterocycles. The minimum atomic E-state index is -1.12. The first-order chi connectivity index (χ1) is 11.8. The van der Waals surface area contributed by atoms with Crippen LogP contribution in [0.1, 0.15) is 0 Å². The van der Waals surface area contributed by atoms with E-state index >= 15 is 0 Å². The standard InChI is InChI=1S/C18H21ClFN3OSi/c1-25(2,3)9-8-24-12-23-11-21-17-15(19)10-16(22-18(17)23)13-4-6-14(20)7-5-13/h4-7,10-11H,8-9,12H2,1-3H3. The van der Waals surface area contributed by atoms with Crippen molar-refractivity contribution in [3.8, 4) is 11.3 Å². The number of pyridine rings is 1. The number of aromatic nitrogens is 3. The van der Waals surface area contributed by atoms with E-state index in [0.29, 0.717) is 28.6 Å². The third kappa shape index (κ3) is 4.45. The van der Waals surface area contributed by atoms with E-state index in [2.05, 4.69) is 29.6 Å². The fourth-order valence-corrected chi connectivity index (χ4v) is 3.39. The molecule has 0 atom stereocenters. The highest BCUT2D eigenvalue weighted by atomic mass is 35.5. The van der Waals surface area contributed by atoms with Gasteiger partial charge in [-0.05, 0) is 36.4 Å². The molecule has 0 bridgehead atoms. The Morgan fingerprint density at radius 2 is 1.92 bits per heavy atom. The first kappa shape index (κ1) is 18.0. The van der Waals surface area contributed by atoms with Crippen molar-refractivity contribution in [1.82, 2.24) is 14.5 Å². The van der Waals surface area contributed by atoms with E-state index in [9.17, 15) is 4.39 Å². The minimum absolute atomic E-state index is 0.281. The van der Waals surface area contributed by atoms with Gasteiger partial charge in [-0.25, -0.2) is 14.4 Å². The molecule has 2 aromatic heterocycles. The van der Waals surface area contributed by atoms with Crippen molar-refractivity contribution in [2.24, 2.45) is 0 Å². The second-order valence-corrected chi connectivity index (χ2v) is 13.3. The zero-order chi connectivity index (χ0) is 18.0. The molecule has 0 fully saturated rings. The lowest BCUT2D eigenvalue weighted by atomic mass is 10.1. The van der Waals surface area contributed by atoms with E-state index < -0.39 is 8.07 Å². The van der Waals surface area contributed by atoms with Crippen molar-refractivity contribution in [2.75, 3.05) is 6.61 Å². The lowest BCUT2D eigenvalue weighted by Crippen LogP contribution is -2.22. The van der Waals surface area contributed by atoms with Crippen molar-refractivity contribution in [3.63, 3.8) is 0 Å². The van der Waals surface area contributed by atoms with Crippen LogP contribution in [-0.4, -0.2) is 29.2 Å². The number of imidazole rings is 1. The summed E-state index contributed by atoms with van der Waals surface area (Å²) in [5.74, 6) is -0.281. The van der Waals surface area contributed by atoms with Crippen LogP contribution in [0.3, 0.4) is 0 Å². The van der Waals surface area contributed by atoms with Gasteiger partial charge in [-0.15, -0.1) is 0 Å². The Labute approximate surface area is 152 Å². The molecule has 0 radical (unpaired) electrons. The zero-order valence-corrected chi connectivity index (χ0v) is 16.3. The average Bonchev–Trinajstić information content (AvgIpc) is 2.95. The van der Waals surface area contributed by atoms with Crippen molar-refractivity contribution in [1.29, 1.82) is 0 Å². The molecule has 4 nitrogen and oxygen atoms in total. The van der Waals surface area contributed by atoms with Gasteiger partial charge in [0, 0.05) is 20.2 Å². The summed E-state index contributed by atoms with van der Waals surface area (Å²) in [7, 11) is -1.12. The van der Waals surface area contributed by atoms with Gasteiger partial charge in [0.05, 0.1) is 17.0 Å². The smallest absolute Gasteiger partial charge is 0.163 e. The fraction of sp³-hybridized carbons (Fsp3) is 0.333. The molecule has 0 spiro atoms. The maximum atomic E-state index is 13.1. The maximum Gasteiger partial charge on any atom is 0.163 e. The summed E-state index contributed by atoms with van der Waals surface area (Å²) in [6, 6.07) is 9.04. The highest BCUT2D eigenvalue weighted by Gasteiger charge is 2.14. The lowest BCUT2D eigenvalue weighted by molar-refractivity contribution is 0.0895. The quantitative estimate of drug-likeness (QED) is 0.437. The van der Waals surface area contributed by atoms with E-state index in [-0.39, 0.29) is 5.82 Å². The molecule has 1 aromatic carbocycles. The number of rotatable bonds is 6. The predicted molar refractivity (Wildman–Crippen MR) is 102 cm³/mol. The minimum Gasteiger partial charge on any atom is -0.361 e. The molecule has 25 heavy (non-hydrogen) atoms. The molecule has 3 aromatic rings. The van der Waals surface area contributed by atoms with Crippen LogP contribution in [0.15, 0.2) is 36.7 Å². The molecule has 0 amide bonds. The summed E-state index contributed by atoms with van der Waals surface area (Å²) < 4.78 is 20.8. The molecule has 0 aliphatic carbocycles. The number of halogens is 2. The molecule has 7 heteroatoms. The Morgan fingerprint density at radius 3 is 2.60 bits per heavy atom. The molecule has 0 N–H and O–H groups in total. The molecule has 3 rings (SSSR count). The fourth-order valence-electron chi connectivity index (χ4n) is 2.40. The summed E-state index contributed by atoms with van der Waals surface area (Å²) in [4.78, 5) is 8.98. The molecule has 0 unspecified atom stereocenters. The molecule has 0 saturated carbocycles. The van der Waals surface area contributed by atoms with Gasteiger partial charge in [-0.1, -0.05) is 31.2 Å². The molecular formula is C18H21ClFN3OSi. The van der Waals surface area contributed by atoms with Crippen LogP contribution in [0.5, 0.6) is 0 Å². The number of hydrogen-bond acceptors (Lipinski definition) is 3. The van der Waals surface area contributed by atoms with Crippen LogP contribution in [0, 0.1) is 5.82 Å². The average molecular weight is 378 g/mol. The van der Waals surface area contributed by atoms with Crippen LogP contribution in [0.2, 0.25) is 30.7 Å². The van der Waals surface area contributed by atoms with Gasteiger partial charge >= 0.3 is 0 Å². The number of ether oxygens (including phenoxy) is 1. The molecule has 132 valence electrons. The second-order valence-electron chi connectivity index (χ2n) is 7.23. The number of hydrogen-bond donors (Lipinski definition) is 0. The molecule has 0 aliphatic heterocycles. The molecule has 0 aliphatic rings. The van der Waals surface area contributed by atoms with Gasteiger partial charge in [-0.2, -0.15) is 0 Å². The van der Waals surface area contributed by atoms with Crippen LogP contribution in [0.4, 0.5) is 4.39 Å². The second kappa shape index (κ2) is 7.23. The first-order valence-electron chi connectivity index (χ1n) is 8.18. The monoisotopic (exact) mass is 377 g/mol. The summed E-state index contributed by atoms with van der Waals surface area (Å²) in [6.07, 6.45) is 1.69. The third-order valence-electron chi connectivity index (χ3n) is 3.89. The van der Waals surface area contributed by atoms with Gasteiger partial charge in [0.1, 0.15) is 18.1 Å². The van der Waals surface area contributed by atoms with Crippen LogP contribution in [-0.2, 0) is 11.5 Å². The van der Waals surface area contributed by atoms with Crippen molar-refractivity contribution in [2.45, 2.75) is 32.4 Å². The third-order valence-corrected chi connectivity index (χ3v) is 5.89. The van der Waals surface area contributed by atoms with E-state index in [4.69, 9.17) is 16.3 Å². The molecular weight excluding hydrogens is 357 g/mol. The topological polar surface area (TPSA) is 39.9 Å². The predicted octanol–water partition coefficient (Wildman–Crippen LogP) is 5.20. The van der Waals surface area contributed by atoms with Crippen LogP contribution >= 0.6 is 11.6 Å². The highest BCUT2D eigenvalue weighted by molar-refractivity contribution is 6.76. The zero-order valence-electron chi connectivity index (χ0n) is 14.6. The molecule has 2 heterocycles. The first-order valence-corrected chi connectivity index (χ1v) is 12.3. The maximum absolute atomic E-state index is 13.1. The van der Waals surface area contributed by atoms with Crippen molar-refractivity contribution in [3.05, 3.63) is 47.5 Å². The summed E-state index contributed by atoms with van der Waals surface area (Å²) >= 11 is 6.35. The Hall–Kier alpha value is -1.76. The number of nitrogens with zero attached hydrogens (tertiary/aromatic N) is 3. The van der Waals surface area contributed by atoms with Crippen LogP contribution in [0.25, 0.3) is 22.4 Å². The van der Waals surface area contributed by atoms with Crippen LogP contribution < -0.4 is 0 Å². The van der Waals surface area contributed by atoms with E-state index in [1.165, 1.54) is 12.1 Å². The largest absolute Gasteiger partial charge is 0.361 e. The van der Waals surface area contributed by atoms with Crippen molar-refractivity contribution < 1.29 is 9.13 Å². The van der Waals surface area contributed by atoms with Gasteiger partial charge in [0.25, 0.3) is 0 Å².